The average Bonchev–Trinajstić information content (AvgIpc) is 3.15. The summed E-state index contributed by atoms with van der Waals surface area (Å²) in [5.41, 5.74) is 1.46. The normalized spacial score (nSPS) is 10.2. The van der Waals surface area contributed by atoms with Crippen molar-refractivity contribution in [1.82, 2.24) is 14.9 Å². The molecule has 0 aliphatic heterocycles. The number of benzene rings is 1. The number of hydrogen-bond donors (Lipinski definition) is 2. The molecule has 2 aromatic heterocycles. The van der Waals surface area contributed by atoms with Gasteiger partial charge >= 0.3 is 0 Å². The highest BCUT2D eigenvalue weighted by molar-refractivity contribution is 5.99. The summed E-state index contributed by atoms with van der Waals surface area (Å²) in [5, 5.41) is 5.20. The monoisotopic (exact) mass is 320 g/mol. The maximum Gasteiger partial charge on any atom is 0.251 e. The van der Waals surface area contributed by atoms with Crippen molar-refractivity contribution in [2.24, 2.45) is 0 Å². The number of hydrogen-bond acceptors (Lipinski definition) is 3. The van der Waals surface area contributed by atoms with Gasteiger partial charge in [0, 0.05) is 29.8 Å². The van der Waals surface area contributed by atoms with Crippen molar-refractivity contribution in [3.8, 4) is 5.69 Å². The van der Waals surface area contributed by atoms with Crippen LogP contribution < -0.4 is 10.6 Å². The van der Waals surface area contributed by atoms with E-state index in [0.29, 0.717) is 11.4 Å². The molecule has 0 atom stereocenters. The minimum atomic E-state index is -0.328. The molecule has 120 valence electrons. The number of pyridine rings is 1. The Labute approximate surface area is 139 Å². The summed E-state index contributed by atoms with van der Waals surface area (Å²) in [6, 6.07) is 16.2. The standard InChI is InChI=1S/C18H16N4O2/c23-17(21-16-5-1-2-10-19-16)13-20-18(24)14-6-8-15(9-7-14)22-11-3-4-12-22/h1-12H,13H2,(H,20,24)(H,19,21,23). The van der Waals surface area contributed by atoms with E-state index in [9.17, 15) is 9.59 Å². The Bertz CT molecular complexity index is 812. The van der Waals surface area contributed by atoms with Crippen LogP contribution in [0.2, 0.25) is 0 Å². The summed E-state index contributed by atoms with van der Waals surface area (Å²) in [4.78, 5) is 27.9. The molecule has 0 aliphatic carbocycles. The minimum absolute atomic E-state index is 0.116. The van der Waals surface area contributed by atoms with E-state index in [1.54, 1.807) is 36.5 Å². The molecule has 0 saturated carbocycles. The van der Waals surface area contributed by atoms with Crippen LogP contribution in [-0.4, -0.2) is 27.9 Å². The fourth-order valence-electron chi connectivity index (χ4n) is 2.18. The van der Waals surface area contributed by atoms with Crippen LogP contribution >= 0.6 is 0 Å². The molecule has 3 rings (SSSR count). The largest absolute Gasteiger partial charge is 0.343 e. The van der Waals surface area contributed by atoms with E-state index >= 15 is 0 Å². The van der Waals surface area contributed by atoms with Crippen molar-refractivity contribution in [2.45, 2.75) is 0 Å². The van der Waals surface area contributed by atoms with Gasteiger partial charge < -0.3 is 15.2 Å². The SMILES string of the molecule is O=C(CNC(=O)c1ccc(-n2cccc2)cc1)Nc1ccccn1. The van der Waals surface area contributed by atoms with E-state index < -0.39 is 0 Å². The molecule has 3 aromatic rings. The van der Waals surface area contributed by atoms with E-state index in [1.165, 1.54) is 0 Å². The first-order valence-electron chi connectivity index (χ1n) is 7.45. The molecule has 6 nitrogen and oxygen atoms in total. The van der Waals surface area contributed by atoms with Gasteiger partial charge in [0.15, 0.2) is 0 Å². The number of amides is 2. The van der Waals surface area contributed by atoms with Crippen molar-refractivity contribution in [1.29, 1.82) is 0 Å². The maximum absolute atomic E-state index is 12.1. The lowest BCUT2D eigenvalue weighted by atomic mass is 10.2. The zero-order valence-corrected chi connectivity index (χ0v) is 12.8. The molecule has 1 aromatic carbocycles. The van der Waals surface area contributed by atoms with Gasteiger partial charge in [-0.2, -0.15) is 0 Å². The molecular weight excluding hydrogens is 304 g/mol. The zero-order chi connectivity index (χ0) is 16.8. The van der Waals surface area contributed by atoms with Gasteiger partial charge in [0.2, 0.25) is 5.91 Å². The predicted molar refractivity (Wildman–Crippen MR) is 91.0 cm³/mol. The van der Waals surface area contributed by atoms with E-state index in [-0.39, 0.29) is 18.4 Å². The van der Waals surface area contributed by atoms with Crippen LogP contribution in [0.5, 0.6) is 0 Å². The van der Waals surface area contributed by atoms with Crippen molar-refractivity contribution in [3.05, 3.63) is 78.8 Å². The number of anilines is 1. The molecule has 2 heterocycles. The highest BCUT2D eigenvalue weighted by Gasteiger charge is 2.08. The van der Waals surface area contributed by atoms with Crippen molar-refractivity contribution in [2.75, 3.05) is 11.9 Å². The van der Waals surface area contributed by atoms with E-state index in [1.807, 2.05) is 41.2 Å². The third-order valence-corrected chi connectivity index (χ3v) is 3.37. The number of carbonyl (C=O) groups is 2. The molecule has 24 heavy (non-hydrogen) atoms. The number of nitrogens with one attached hydrogen (secondary N) is 2. The second kappa shape index (κ2) is 7.23. The topological polar surface area (TPSA) is 76.0 Å². The van der Waals surface area contributed by atoms with Gasteiger partial charge in [-0.15, -0.1) is 0 Å². The molecular formula is C18H16N4O2. The Balaban J connectivity index is 1.54. The van der Waals surface area contributed by atoms with Gasteiger partial charge in [-0.05, 0) is 48.5 Å². The van der Waals surface area contributed by atoms with Gasteiger partial charge in [0.1, 0.15) is 5.82 Å². The number of nitrogens with zero attached hydrogens (tertiary/aromatic N) is 2. The Morgan fingerprint density at radius 2 is 1.71 bits per heavy atom. The molecule has 0 fully saturated rings. The summed E-state index contributed by atoms with van der Waals surface area (Å²) in [6.45, 7) is -0.116. The van der Waals surface area contributed by atoms with Crippen LogP contribution in [0.15, 0.2) is 73.2 Å². The smallest absolute Gasteiger partial charge is 0.251 e. The Hall–Kier alpha value is -3.41. The number of carbonyl (C=O) groups excluding carboxylic acids is 2. The second-order valence-electron chi connectivity index (χ2n) is 5.08. The van der Waals surface area contributed by atoms with Gasteiger partial charge in [-0.3, -0.25) is 9.59 Å². The first kappa shape index (κ1) is 15.5. The summed E-state index contributed by atoms with van der Waals surface area (Å²) in [5.74, 6) is -0.177. The molecule has 0 bridgehead atoms. The van der Waals surface area contributed by atoms with Crippen LogP contribution in [0, 0.1) is 0 Å². The fourth-order valence-corrected chi connectivity index (χ4v) is 2.18. The van der Waals surface area contributed by atoms with Gasteiger partial charge in [-0.1, -0.05) is 6.07 Å². The molecule has 2 N–H and O–H groups in total. The minimum Gasteiger partial charge on any atom is -0.343 e. The number of rotatable bonds is 5. The molecule has 0 spiro atoms. The van der Waals surface area contributed by atoms with Crippen molar-refractivity contribution >= 4 is 17.6 Å². The summed E-state index contributed by atoms with van der Waals surface area (Å²) < 4.78 is 1.95. The molecule has 0 saturated heterocycles. The Morgan fingerprint density at radius 3 is 2.38 bits per heavy atom. The molecule has 0 aliphatic rings. The van der Waals surface area contributed by atoms with Gasteiger partial charge in [0.25, 0.3) is 5.91 Å². The molecule has 6 heteroatoms. The highest BCUT2D eigenvalue weighted by Crippen LogP contribution is 2.10. The van der Waals surface area contributed by atoms with E-state index in [4.69, 9.17) is 0 Å². The van der Waals surface area contributed by atoms with E-state index in [2.05, 4.69) is 15.6 Å². The molecule has 2 amide bonds. The molecule has 0 unspecified atom stereocenters. The second-order valence-corrected chi connectivity index (χ2v) is 5.08. The van der Waals surface area contributed by atoms with E-state index in [0.717, 1.165) is 5.69 Å². The van der Waals surface area contributed by atoms with Crippen LogP contribution in [0.4, 0.5) is 5.82 Å². The Kier molecular flexibility index (Phi) is 4.67. The first-order valence-corrected chi connectivity index (χ1v) is 7.45. The quantitative estimate of drug-likeness (QED) is 0.757. The highest BCUT2D eigenvalue weighted by atomic mass is 16.2. The van der Waals surface area contributed by atoms with Gasteiger partial charge in [-0.25, -0.2) is 4.98 Å². The lowest BCUT2D eigenvalue weighted by Gasteiger charge is -2.07. The first-order chi connectivity index (χ1) is 11.7. The third-order valence-electron chi connectivity index (χ3n) is 3.37. The summed E-state index contributed by atoms with van der Waals surface area (Å²) >= 11 is 0. The van der Waals surface area contributed by atoms with Crippen LogP contribution in [0.3, 0.4) is 0 Å². The Morgan fingerprint density at radius 1 is 0.958 bits per heavy atom. The molecule has 0 radical (unpaired) electrons. The fraction of sp³-hybridized carbons (Fsp3) is 0.0556. The van der Waals surface area contributed by atoms with Crippen molar-refractivity contribution in [3.63, 3.8) is 0 Å². The van der Waals surface area contributed by atoms with Crippen LogP contribution in [0.1, 0.15) is 10.4 Å². The lowest BCUT2D eigenvalue weighted by Crippen LogP contribution is -2.33. The number of aromatic nitrogens is 2. The predicted octanol–water partition coefficient (Wildman–Crippen LogP) is 2.24. The zero-order valence-electron chi connectivity index (χ0n) is 12.8. The third kappa shape index (κ3) is 3.86. The van der Waals surface area contributed by atoms with Crippen molar-refractivity contribution < 1.29 is 9.59 Å². The lowest BCUT2D eigenvalue weighted by molar-refractivity contribution is -0.115. The average molecular weight is 320 g/mol. The summed E-state index contributed by atoms with van der Waals surface area (Å²) in [6.07, 6.45) is 5.44. The summed E-state index contributed by atoms with van der Waals surface area (Å²) in [7, 11) is 0. The maximum atomic E-state index is 12.1. The van der Waals surface area contributed by atoms with Crippen LogP contribution in [-0.2, 0) is 4.79 Å². The van der Waals surface area contributed by atoms with Crippen LogP contribution in [0.25, 0.3) is 5.69 Å². The van der Waals surface area contributed by atoms with Gasteiger partial charge in [0.05, 0.1) is 6.54 Å².